The van der Waals surface area contributed by atoms with Gasteiger partial charge in [-0.2, -0.15) is 0 Å². The highest BCUT2D eigenvalue weighted by Gasteiger charge is 2.30. The molecule has 0 aliphatic heterocycles. The van der Waals surface area contributed by atoms with Crippen molar-refractivity contribution in [3.8, 4) is 0 Å². The van der Waals surface area contributed by atoms with Crippen LogP contribution in [0.4, 0.5) is 15.8 Å². The molecule has 21 heavy (non-hydrogen) atoms. The number of nitrogens with zero attached hydrogens (tertiary/aromatic N) is 1. The first-order valence-electron chi connectivity index (χ1n) is 6.82. The molecule has 0 radical (unpaired) electrons. The average molecular weight is 296 g/mol. The molecule has 0 bridgehead atoms. The molecule has 114 valence electrons. The van der Waals surface area contributed by atoms with Gasteiger partial charge in [-0.1, -0.05) is 19.3 Å². The van der Waals surface area contributed by atoms with Crippen LogP contribution >= 0.6 is 0 Å². The van der Waals surface area contributed by atoms with Gasteiger partial charge in [0.2, 0.25) is 0 Å². The highest BCUT2D eigenvalue weighted by atomic mass is 19.1. The zero-order valence-electron chi connectivity index (χ0n) is 11.7. The molecule has 0 heterocycles. The quantitative estimate of drug-likeness (QED) is 0.654. The van der Waals surface area contributed by atoms with Gasteiger partial charge in [0.05, 0.1) is 16.6 Å². The molecule has 0 spiro atoms. The minimum atomic E-state index is -1.45. The lowest BCUT2D eigenvalue weighted by Crippen LogP contribution is -2.37. The van der Waals surface area contributed by atoms with Crippen LogP contribution < -0.4 is 5.32 Å². The summed E-state index contributed by atoms with van der Waals surface area (Å²) in [6.45, 7) is 1.94. The molecule has 0 aromatic heterocycles. The summed E-state index contributed by atoms with van der Waals surface area (Å²) >= 11 is 0. The van der Waals surface area contributed by atoms with E-state index in [1.807, 2.05) is 6.92 Å². The van der Waals surface area contributed by atoms with Crippen LogP contribution in [0, 0.1) is 15.9 Å². The largest absolute Gasteiger partial charge is 0.478 e. The summed E-state index contributed by atoms with van der Waals surface area (Å²) in [5.74, 6) is -2.55. The Bertz CT molecular complexity index is 583. The number of hydrogen-bond donors (Lipinski definition) is 2. The second-order valence-corrected chi connectivity index (χ2v) is 5.66. The fraction of sp³-hybridized carbons (Fsp3) is 0.500. The average Bonchev–Trinajstić information content (AvgIpc) is 2.40. The number of carboxylic acids is 1. The predicted molar refractivity (Wildman–Crippen MR) is 75.1 cm³/mol. The molecule has 1 aliphatic rings. The third kappa shape index (κ3) is 3.29. The van der Waals surface area contributed by atoms with E-state index in [2.05, 4.69) is 5.32 Å². The number of carboxylic acid groups (broad SMARTS) is 1. The predicted octanol–water partition coefficient (Wildman–Crippen LogP) is 3.57. The Kier molecular flexibility index (Phi) is 4.11. The van der Waals surface area contributed by atoms with Gasteiger partial charge in [0.15, 0.2) is 0 Å². The Morgan fingerprint density at radius 1 is 1.38 bits per heavy atom. The van der Waals surface area contributed by atoms with Gasteiger partial charge in [0, 0.05) is 5.54 Å². The molecule has 1 aromatic rings. The monoisotopic (exact) mass is 296 g/mol. The Morgan fingerprint density at radius 2 is 2.00 bits per heavy atom. The zero-order valence-corrected chi connectivity index (χ0v) is 11.7. The van der Waals surface area contributed by atoms with Gasteiger partial charge in [-0.15, -0.1) is 0 Å². The molecule has 2 N–H and O–H groups in total. The molecule has 2 rings (SSSR count). The SMILES string of the molecule is CC1(Nc2cc(C(=O)O)c(F)cc2[N+](=O)[O-])CCCCC1. The molecular formula is C14H17FN2O4. The summed E-state index contributed by atoms with van der Waals surface area (Å²) in [7, 11) is 0. The fourth-order valence-corrected chi connectivity index (χ4v) is 2.76. The van der Waals surface area contributed by atoms with Gasteiger partial charge in [-0.3, -0.25) is 10.1 Å². The Hall–Kier alpha value is -2.18. The summed E-state index contributed by atoms with van der Waals surface area (Å²) in [5, 5.41) is 23.1. The van der Waals surface area contributed by atoms with E-state index in [1.165, 1.54) is 0 Å². The van der Waals surface area contributed by atoms with Gasteiger partial charge >= 0.3 is 5.97 Å². The first-order valence-corrected chi connectivity index (χ1v) is 6.82. The molecule has 6 nitrogen and oxygen atoms in total. The van der Waals surface area contributed by atoms with Gasteiger partial charge in [0.25, 0.3) is 5.69 Å². The Labute approximate surface area is 121 Å². The van der Waals surface area contributed by atoms with Crippen LogP contribution in [0.25, 0.3) is 0 Å². The highest BCUT2D eigenvalue weighted by Crippen LogP contribution is 2.35. The van der Waals surface area contributed by atoms with E-state index in [0.717, 1.165) is 38.2 Å². The van der Waals surface area contributed by atoms with Crippen LogP contribution in [0.5, 0.6) is 0 Å². The van der Waals surface area contributed by atoms with E-state index >= 15 is 0 Å². The molecule has 0 unspecified atom stereocenters. The van der Waals surface area contributed by atoms with Crippen molar-refractivity contribution in [3.63, 3.8) is 0 Å². The third-order valence-electron chi connectivity index (χ3n) is 3.91. The topological polar surface area (TPSA) is 92.5 Å². The molecule has 7 heteroatoms. The minimum Gasteiger partial charge on any atom is -0.478 e. The van der Waals surface area contributed by atoms with E-state index < -0.39 is 28.0 Å². The van der Waals surface area contributed by atoms with Gasteiger partial charge < -0.3 is 10.4 Å². The summed E-state index contributed by atoms with van der Waals surface area (Å²) < 4.78 is 13.6. The number of nitro groups is 1. The van der Waals surface area contributed by atoms with Crippen LogP contribution in [0.15, 0.2) is 12.1 Å². The highest BCUT2D eigenvalue weighted by molar-refractivity contribution is 5.90. The molecule has 0 atom stereocenters. The summed E-state index contributed by atoms with van der Waals surface area (Å²) in [6.07, 6.45) is 4.80. The second-order valence-electron chi connectivity index (χ2n) is 5.66. The smallest absolute Gasteiger partial charge is 0.338 e. The maximum Gasteiger partial charge on any atom is 0.338 e. The molecule has 0 saturated heterocycles. The summed E-state index contributed by atoms with van der Waals surface area (Å²) in [4.78, 5) is 21.3. The second kappa shape index (κ2) is 5.67. The van der Waals surface area contributed by atoms with Crippen LogP contribution in [0.1, 0.15) is 49.4 Å². The van der Waals surface area contributed by atoms with Crippen LogP contribution in [-0.4, -0.2) is 21.5 Å². The fourth-order valence-electron chi connectivity index (χ4n) is 2.76. The lowest BCUT2D eigenvalue weighted by Gasteiger charge is -2.35. The number of halogens is 1. The minimum absolute atomic E-state index is 0.0585. The van der Waals surface area contributed by atoms with Gasteiger partial charge in [0.1, 0.15) is 11.5 Å². The van der Waals surface area contributed by atoms with Crippen molar-refractivity contribution in [2.75, 3.05) is 5.32 Å². The first-order chi connectivity index (χ1) is 9.82. The lowest BCUT2D eigenvalue weighted by atomic mass is 9.83. The van der Waals surface area contributed by atoms with Crippen molar-refractivity contribution in [2.45, 2.75) is 44.6 Å². The summed E-state index contributed by atoms with van der Waals surface area (Å²) in [5.41, 5.74) is -1.29. The van der Waals surface area contributed by atoms with Crippen molar-refractivity contribution >= 4 is 17.3 Å². The molecule has 1 saturated carbocycles. The molecule has 1 aromatic carbocycles. The summed E-state index contributed by atoms with van der Waals surface area (Å²) in [6, 6.07) is 1.67. The Balaban J connectivity index is 2.42. The van der Waals surface area contributed by atoms with Gasteiger partial charge in [-0.25, -0.2) is 9.18 Å². The normalized spacial score (nSPS) is 17.2. The molecular weight excluding hydrogens is 279 g/mol. The number of rotatable bonds is 4. The van der Waals surface area contributed by atoms with E-state index in [4.69, 9.17) is 5.11 Å². The zero-order chi connectivity index (χ0) is 15.6. The van der Waals surface area contributed by atoms with Crippen molar-refractivity contribution in [2.24, 2.45) is 0 Å². The molecule has 1 aliphatic carbocycles. The van der Waals surface area contributed by atoms with E-state index in [9.17, 15) is 19.3 Å². The first kappa shape index (κ1) is 15.2. The van der Waals surface area contributed by atoms with E-state index in [0.29, 0.717) is 6.07 Å². The van der Waals surface area contributed by atoms with Crippen LogP contribution in [-0.2, 0) is 0 Å². The number of carbonyl (C=O) groups is 1. The maximum atomic E-state index is 13.6. The van der Waals surface area contributed by atoms with Gasteiger partial charge in [-0.05, 0) is 25.8 Å². The Morgan fingerprint density at radius 3 is 2.52 bits per heavy atom. The maximum absolute atomic E-state index is 13.6. The van der Waals surface area contributed by atoms with Crippen molar-refractivity contribution in [3.05, 3.63) is 33.6 Å². The number of anilines is 1. The number of nitrogens with one attached hydrogen (secondary N) is 1. The van der Waals surface area contributed by atoms with Crippen molar-refractivity contribution in [1.82, 2.24) is 0 Å². The van der Waals surface area contributed by atoms with Crippen molar-refractivity contribution in [1.29, 1.82) is 0 Å². The van der Waals surface area contributed by atoms with E-state index in [1.54, 1.807) is 0 Å². The number of hydrogen-bond acceptors (Lipinski definition) is 4. The number of benzene rings is 1. The number of nitro benzene ring substituents is 1. The van der Waals surface area contributed by atoms with E-state index in [-0.39, 0.29) is 11.2 Å². The van der Waals surface area contributed by atoms with Crippen LogP contribution in [0.2, 0.25) is 0 Å². The van der Waals surface area contributed by atoms with Crippen molar-refractivity contribution < 1.29 is 19.2 Å². The lowest BCUT2D eigenvalue weighted by molar-refractivity contribution is -0.384. The third-order valence-corrected chi connectivity index (χ3v) is 3.91. The molecule has 1 fully saturated rings. The number of aromatic carboxylic acids is 1. The van der Waals surface area contributed by atoms with Crippen LogP contribution in [0.3, 0.4) is 0 Å². The molecule has 0 amide bonds. The standard InChI is InChI=1S/C14H17FN2O4/c1-14(5-3-2-4-6-14)16-11-7-9(13(18)19)10(15)8-12(11)17(20)21/h7-8,16H,2-6H2,1H3,(H,18,19).